The predicted molar refractivity (Wildman–Crippen MR) is 92.1 cm³/mol. The van der Waals surface area contributed by atoms with Crippen molar-refractivity contribution in [2.45, 2.75) is 24.7 Å². The summed E-state index contributed by atoms with van der Waals surface area (Å²) < 4.78 is 5.12. The lowest BCUT2D eigenvalue weighted by molar-refractivity contribution is -0.120. The van der Waals surface area contributed by atoms with Gasteiger partial charge in [0, 0.05) is 17.0 Å². The lowest BCUT2D eigenvalue weighted by atomic mass is 9.96. The van der Waals surface area contributed by atoms with Crippen molar-refractivity contribution in [3.8, 4) is 5.75 Å². The normalized spacial score (nSPS) is 15.0. The van der Waals surface area contributed by atoms with Gasteiger partial charge >= 0.3 is 0 Å². The van der Waals surface area contributed by atoms with Gasteiger partial charge in [-0.2, -0.15) is 0 Å². The summed E-state index contributed by atoms with van der Waals surface area (Å²) in [4.78, 5) is 12.2. The highest BCUT2D eigenvalue weighted by Crippen LogP contribution is 2.47. The number of carbonyl (C=O) groups excluding carboxylic acids is 1. The van der Waals surface area contributed by atoms with Crippen LogP contribution >= 0.6 is 11.6 Å². The van der Waals surface area contributed by atoms with Gasteiger partial charge in [-0.3, -0.25) is 4.79 Å². The molecular weight excluding hydrogens is 310 g/mol. The summed E-state index contributed by atoms with van der Waals surface area (Å²) in [7, 11) is 1.63. The minimum absolute atomic E-state index is 0.0513. The van der Waals surface area contributed by atoms with E-state index in [2.05, 4.69) is 17.4 Å². The molecule has 1 amide bonds. The predicted octanol–water partition coefficient (Wildman–Crippen LogP) is 3.74. The first-order valence-corrected chi connectivity index (χ1v) is 8.15. The van der Waals surface area contributed by atoms with Crippen molar-refractivity contribution in [2.24, 2.45) is 0 Å². The van der Waals surface area contributed by atoms with Gasteiger partial charge in [0.2, 0.25) is 5.91 Å². The monoisotopic (exact) mass is 329 g/mol. The van der Waals surface area contributed by atoms with Crippen LogP contribution in [0.25, 0.3) is 0 Å². The van der Waals surface area contributed by atoms with Crippen LogP contribution in [-0.4, -0.2) is 19.6 Å². The van der Waals surface area contributed by atoms with E-state index in [9.17, 15) is 4.79 Å². The van der Waals surface area contributed by atoms with E-state index >= 15 is 0 Å². The fourth-order valence-corrected chi connectivity index (χ4v) is 2.91. The zero-order chi connectivity index (χ0) is 16.3. The van der Waals surface area contributed by atoms with E-state index in [-0.39, 0.29) is 11.3 Å². The van der Waals surface area contributed by atoms with Gasteiger partial charge in [-0.25, -0.2) is 0 Å². The van der Waals surface area contributed by atoms with Crippen molar-refractivity contribution in [1.29, 1.82) is 0 Å². The maximum absolute atomic E-state index is 12.2. The number of ether oxygens (including phenoxy) is 1. The third-order valence-corrected chi connectivity index (χ3v) is 4.71. The molecule has 120 valence electrons. The van der Waals surface area contributed by atoms with Crippen LogP contribution in [0.3, 0.4) is 0 Å². The van der Waals surface area contributed by atoms with Crippen molar-refractivity contribution in [3.63, 3.8) is 0 Å². The van der Waals surface area contributed by atoms with E-state index < -0.39 is 0 Å². The van der Waals surface area contributed by atoms with Crippen LogP contribution in [0.1, 0.15) is 24.0 Å². The van der Waals surface area contributed by atoms with Crippen molar-refractivity contribution < 1.29 is 9.53 Å². The molecule has 1 N–H and O–H groups in total. The highest BCUT2D eigenvalue weighted by molar-refractivity contribution is 6.30. The quantitative estimate of drug-likeness (QED) is 0.876. The van der Waals surface area contributed by atoms with Gasteiger partial charge < -0.3 is 10.1 Å². The molecule has 1 aliphatic carbocycles. The third-order valence-electron chi connectivity index (χ3n) is 4.46. The van der Waals surface area contributed by atoms with Crippen molar-refractivity contribution in [1.82, 2.24) is 5.32 Å². The molecule has 23 heavy (non-hydrogen) atoms. The molecule has 0 heterocycles. The second-order valence-electron chi connectivity index (χ2n) is 6.09. The molecule has 0 aromatic heterocycles. The lowest BCUT2D eigenvalue weighted by Crippen LogP contribution is -2.33. The summed E-state index contributed by atoms with van der Waals surface area (Å²) in [6, 6.07) is 15.5. The molecular formula is C19H20ClNO2. The summed E-state index contributed by atoms with van der Waals surface area (Å²) in [5, 5.41) is 3.82. The Labute approximate surface area is 141 Å². The van der Waals surface area contributed by atoms with Crippen LogP contribution in [0.4, 0.5) is 0 Å². The van der Waals surface area contributed by atoms with Gasteiger partial charge in [0.1, 0.15) is 5.75 Å². The molecule has 2 aromatic carbocycles. The van der Waals surface area contributed by atoms with Crippen LogP contribution in [0, 0.1) is 0 Å². The summed E-state index contributed by atoms with van der Waals surface area (Å²) in [6.45, 7) is 0.684. The molecule has 0 atom stereocenters. The maximum atomic E-state index is 12.2. The van der Waals surface area contributed by atoms with Gasteiger partial charge in [0.15, 0.2) is 0 Å². The Morgan fingerprint density at radius 3 is 2.35 bits per heavy atom. The number of amides is 1. The molecule has 0 aliphatic heterocycles. The largest absolute Gasteiger partial charge is 0.497 e. The fourth-order valence-electron chi connectivity index (χ4n) is 2.78. The average molecular weight is 330 g/mol. The first-order valence-electron chi connectivity index (χ1n) is 7.77. The molecule has 0 bridgehead atoms. The van der Waals surface area contributed by atoms with E-state index in [0.29, 0.717) is 13.0 Å². The van der Waals surface area contributed by atoms with Crippen molar-refractivity contribution >= 4 is 17.5 Å². The van der Waals surface area contributed by atoms with Gasteiger partial charge in [0.25, 0.3) is 0 Å². The minimum atomic E-state index is 0.0513. The van der Waals surface area contributed by atoms with E-state index in [1.165, 1.54) is 5.56 Å². The second-order valence-corrected chi connectivity index (χ2v) is 6.53. The topological polar surface area (TPSA) is 38.3 Å². The number of benzene rings is 2. The molecule has 3 rings (SSSR count). The highest BCUT2D eigenvalue weighted by atomic mass is 35.5. The standard InChI is InChI=1S/C19H20ClNO2/c1-23-17-8-2-14(3-9-17)12-18(22)21-13-19(10-11-19)15-4-6-16(20)7-5-15/h2-9H,10-13H2,1H3,(H,21,22). The third kappa shape index (κ3) is 3.85. The summed E-state index contributed by atoms with van der Waals surface area (Å²) in [5.41, 5.74) is 2.34. The Bertz CT molecular complexity index is 676. The number of hydrogen-bond acceptors (Lipinski definition) is 2. The smallest absolute Gasteiger partial charge is 0.224 e. The van der Waals surface area contributed by atoms with E-state index in [1.54, 1.807) is 7.11 Å². The molecule has 4 heteroatoms. The van der Waals surface area contributed by atoms with Gasteiger partial charge in [-0.05, 0) is 48.2 Å². The molecule has 0 radical (unpaired) electrons. The molecule has 0 unspecified atom stereocenters. The second kappa shape index (κ2) is 6.63. The zero-order valence-electron chi connectivity index (χ0n) is 13.1. The summed E-state index contributed by atoms with van der Waals surface area (Å²) in [5.74, 6) is 0.851. The average Bonchev–Trinajstić information content (AvgIpc) is 3.35. The fraction of sp³-hybridized carbons (Fsp3) is 0.316. The Morgan fingerprint density at radius 1 is 1.13 bits per heavy atom. The lowest BCUT2D eigenvalue weighted by Gasteiger charge is -2.17. The van der Waals surface area contributed by atoms with Crippen LogP contribution in [0.2, 0.25) is 5.02 Å². The number of nitrogens with one attached hydrogen (secondary N) is 1. The van der Waals surface area contributed by atoms with Crippen LogP contribution in [-0.2, 0) is 16.6 Å². The van der Waals surface area contributed by atoms with Crippen molar-refractivity contribution in [3.05, 3.63) is 64.7 Å². The Morgan fingerprint density at radius 2 is 1.78 bits per heavy atom. The number of hydrogen-bond donors (Lipinski definition) is 1. The van der Waals surface area contributed by atoms with Gasteiger partial charge in [-0.15, -0.1) is 0 Å². The molecule has 2 aromatic rings. The number of rotatable bonds is 6. The Hall–Kier alpha value is -2.00. The minimum Gasteiger partial charge on any atom is -0.497 e. The first-order chi connectivity index (χ1) is 11.1. The highest BCUT2D eigenvalue weighted by Gasteiger charge is 2.44. The molecule has 1 fully saturated rings. The van der Waals surface area contributed by atoms with E-state index in [4.69, 9.17) is 16.3 Å². The number of carbonyl (C=O) groups is 1. The van der Waals surface area contributed by atoms with Gasteiger partial charge in [0.05, 0.1) is 13.5 Å². The van der Waals surface area contributed by atoms with Crippen molar-refractivity contribution in [2.75, 3.05) is 13.7 Å². The van der Waals surface area contributed by atoms with Crippen LogP contribution in [0.5, 0.6) is 5.75 Å². The molecule has 3 nitrogen and oxygen atoms in total. The zero-order valence-corrected chi connectivity index (χ0v) is 13.9. The Kier molecular flexibility index (Phi) is 4.58. The summed E-state index contributed by atoms with van der Waals surface area (Å²) >= 11 is 5.94. The van der Waals surface area contributed by atoms with Crippen LogP contribution in [0.15, 0.2) is 48.5 Å². The van der Waals surface area contributed by atoms with Crippen LogP contribution < -0.4 is 10.1 Å². The number of methoxy groups -OCH3 is 1. The van der Waals surface area contributed by atoms with E-state index in [0.717, 1.165) is 29.2 Å². The SMILES string of the molecule is COc1ccc(CC(=O)NCC2(c3ccc(Cl)cc3)CC2)cc1. The number of halogens is 1. The molecule has 1 saturated carbocycles. The van der Waals surface area contributed by atoms with E-state index in [1.807, 2.05) is 36.4 Å². The van der Waals surface area contributed by atoms with Gasteiger partial charge in [-0.1, -0.05) is 35.9 Å². The maximum Gasteiger partial charge on any atom is 0.224 e. The molecule has 1 aliphatic rings. The molecule has 0 saturated heterocycles. The molecule has 0 spiro atoms. The summed E-state index contributed by atoms with van der Waals surface area (Å²) in [6.07, 6.45) is 2.61. The first kappa shape index (κ1) is 15.9. The Balaban J connectivity index is 1.55.